The van der Waals surface area contributed by atoms with Crippen molar-refractivity contribution in [2.75, 3.05) is 19.8 Å². The zero-order valence-corrected chi connectivity index (χ0v) is 11.7. The Bertz CT molecular complexity index is 513. The molecule has 1 N–H and O–H groups in total. The van der Waals surface area contributed by atoms with Crippen LogP contribution in [0.25, 0.3) is 0 Å². The SMILES string of the molecule is O=C(ON1CCC1)C(O)c1cc(Cl)cc(OC(F)CF)c1. The van der Waals surface area contributed by atoms with Gasteiger partial charge in [-0.25, -0.2) is 9.18 Å². The fraction of sp³-hybridized carbons (Fsp3) is 0.462. The molecule has 1 aliphatic heterocycles. The van der Waals surface area contributed by atoms with Gasteiger partial charge in [0.1, 0.15) is 5.75 Å². The first-order valence-corrected chi connectivity index (χ1v) is 6.69. The predicted molar refractivity (Wildman–Crippen MR) is 70.2 cm³/mol. The second kappa shape index (κ2) is 7.02. The summed E-state index contributed by atoms with van der Waals surface area (Å²) in [4.78, 5) is 16.6. The highest BCUT2D eigenvalue weighted by molar-refractivity contribution is 6.30. The Balaban J connectivity index is 2.08. The second-order valence-electron chi connectivity index (χ2n) is 4.50. The summed E-state index contributed by atoms with van der Waals surface area (Å²) in [7, 11) is 0. The van der Waals surface area contributed by atoms with E-state index in [0.717, 1.165) is 6.42 Å². The van der Waals surface area contributed by atoms with Crippen molar-refractivity contribution in [3.63, 3.8) is 0 Å². The van der Waals surface area contributed by atoms with Crippen molar-refractivity contribution in [3.05, 3.63) is 28.8 Å². The highest BCUT2D eigenvalue weighted by Gasteiger charge is 2.26. The van der Waals surface area contributed by atoms with Gasteiger partial charge in [0.15, 0.2) is 12.8 Å². The Hall–Kier alpha value is -1.44. The van der Waals surface area contributed by atoms with Gasteiger partial charge in [-0.2, -0.15) is 4.39 Å². The number of carbonyl (C=O) groups is 1. The van der Waals surface area contributed by atoms with Crippen molar-refractivity contribution >= 4 is 17.6 Å². The van der Waals surface area contributed by atoms with Gasteiger partial charge in [-0.15, -0.1) is 5.06 Å². The monoisotopic (exact) mass is 321 g/mol. The molecule has 5 nitrogen and oxygen atoms in total. The van der Waals surface area contributed by atoms with Gasteiger partial charge < -0.3 is 14.7 Å². The summed E-state index contributed by atoms with van der Waals surface area (Å²) in [5, 5.41) is 11.4. The van der Waals surface area contributed by atoms with Crippen LogP contribution in [0.1, 0.15) is 18.1 Å². The van der Waals surface area contributed by atoms with Gasteiger partial charge in [0.25, 0.3) is 6.36 Å². The van der Waals surface area contributed by atoms with Crippen molar-refractivity contribution in [2.24, 2.45) is 0 Å². The molecule has 116 valence electrons. The standard InChI is InChI=1S/C13H14ClF2NO4/c14-9-4-8(5-10(6-9)20-11(16)7-15)12(18)13(19)21-17-2-1-3-17/h4-6,11-12,18H,1-3,7H2. The van der Waals surface area contributed by atoms with Crippen molar-refractivity contribution in [1.29, 1.82) is 0 Å². The van der Waals surface area contributed by atoms with Crippen LogP contribution >= 0.6 is 11.6 Å². The van der Waals surface area contributed by atoms with Crippen molar-refractivity contribution in [3.8, 4) is 5.75 Å². The third kappa shape index (κ3) is 4.26. The first-order valence-electron chi connectivity index (χ1n) is 6.31. The Labute approximate surface area is 125 Å². The number of nitrogens with zero attached hydrogens (tertiary/aromatic N) is 1. The van der Waals surface area contributed by atoms with E-state index in [1.165, 1.54) is 23.3 Å². The predicted octanol–water partition coefficient (Wildman–Crippen LogP) is 2.18. The highest BCUT2D eigenvalue weighted by atomic mass is 35.5. The summed E-state index contributed by atoms with van der Waals surface area (Å²) in [6.07, 6.45) is -2.81. The summed E-state index contributed by atoms with van der Waals surface area (Å²) in [5.74, 6) is -0.955. The van der Waals surface area contributed by atoms with Gasteiger partial charge >= 0.3 is 5.97 Å². The molecule has 0 radical (unpaired) electrons. The summed E-state index contributed by atoms with van der Waals surface area (Å²) in [6.45, 7) is -0.0911. The first kappa shape index (κ1) is 15.9. The van der Waals surface area contributed by atoms with Gasteiger partial charge in [0.05, 0.1) is 0 Å². The number of ether oxygens (including phenoxy) is 1. The maximum Gasteiger partial charge on any atom is 0.358 e. The molecule has 0 saturated carbocycles. The molecule has 8 heteroatoms. The molecule has 1 aromatic rings. The van der Waals surface area contributed by atoms with Crippen molar-refractivity contribution in [2.45, 2.75) is 18.9 Å². The molecule has 2 unspecified atom stereocenters. The average Bonchev–Trinajstić information content (AvgIpc) is 2.40. The van der Waals surface area contributed by atoms with Crippen LogP contribution in [0.5, 0.6) is 5.75 Å². The zero-order chi connectivity index (χ0) is 15.4. The second-order valence-corrected chi connectivity index (χ2v) is 4.93. The molecule has 21 heavy (non-hydrogen) atoms. The number of hydrogen-bond donors (Lipinski definition) is 1. The maximum atomic E-state index is 12.9. The molecule has 0 spiro atoms. The third-order valence-corrected chi connectivity index (χ3v) is 3.07. The molecule has 1 aromatic carbocycles. The third-order valence-electron chi connectivity index (χ3n) is 2.85. The minimum atomic E-state index is -2.14. The summed E-state index contributed by atoms with van der Waals surface area (Å²) < 4.78 is 29.6. The van der Waals surface area contributed by atoms with E-state index in [-0.39, 0.29) is 16.3 Å². The molecular weight excluding hydrogens is 308 g/mol. The van der Waals surface area contributed by atoms with E-state index in [0.29, 0.717) is 13.1 Å². The lowest BCUT2D eigenvalue weighted by atomic mass is 10.1. The van der Waals surface area contributed by atoms with Crippen LogP contribution in [0.2, 0.25) is 5.02 Å². The molecule has 2 atom stereocenters. The fourth-order valence-corrected chi connectivity index (χ4v) is 1.91. The Morgan fingerprint density at radius 1 is 1.43 bits per heavy atom. The van der Waals surface area contributed by atoms with Crippen molar-refractivity contribution in [1.82, 2.24) is 5.06 Å². The highest BCUT2D eigenvalue weighted by Crippen LogP contribution is 2.27. The summed E-state index contributed by atoms with van der Waals surface area (Å²) >= 11 is 5.80. The number of halogens is 3. The van der Waals surface area contributed by atoms with Crippen LogP contribution in [-0.4, -0.2) is 42.3 Å². The molecule has 0 amide bonds. The number of hydrogen-bond acceptors (Lipinski definition) is 5. The van der Waals surface area contributed by atoms with Crippen LogP contribution in [0.4, 0.5) is 8.78 Å². The Morgan fingerprint density at radius 2 is 2.14 bits per heavy atom. The van der Waals surface area contributed by atoms with Crippen LogP contribution in [0, 0.1) is 0 Å². The number of hydroxylamine groups is 2. The van der Waals surface area contributed by atoms with E-state index >= 15 is 0 Å². The van der Waals surface area contributed by atoms with E-state index in [1.54, 1.807) is 0 Å². The Morgan fingerprint density at radius 3 is 2.71 bits per heavy atom. The lowest BCUT2D eigenvalue weighted by Crippen LogP contribution is -2.40. The summed E-state index contributed by atoms with van der Waals surface area (Å²) in [6, 6.07) is 3.77. The largest absolute Gasteiger partial charge is 0.458 e. The zero-order valence-electron chi connectivity index (χ0n) is 11.0. The lowest BCUT2D eigenvalue weighted by molar-refractivity contribution is -0.216. The number of benzene rings is 1. The number of aliphatic hydroxyl groups is 1. The van der Waals surface area contributed by atoms with Gasteiger partial charge in [-0.1, -0.05) is 11.6 Å². The topological polar surface area (TPSA) is 59.0 Å². The molecule has 0 aliphatic carbocycles. The van der Waals surface area contributed by atoms with E-state index in [1.807, 2.05) is 0 Å². The van der Waals surface area contributed by atoms with Crippen molar-refractivity contribution < 1.29 is 28.3 Å². The summed E-state index contributed by atoms with van der Waals surface area (Å²) in [5.41, 5.74) is 0.0779. The van der Waals surface area contributed by atoms with E-state index < -0.39 is 25.1 Å². The molecule has 0 aromatic heterocycles. The minimum absolute atomic E-state index is 0.0779. The minimum Gasteiger partial charge on any atom is -0.458 e. The molecule has 1 saturated heterocycles. The van der Waals surface area contributed by atoms with Gasteiger partial charge in [0, 0.05) is 18.1 Å². The molecule has 1 heterocycles. The van der Waals surface area contributed by atoms with E-state index in [4.69, 9.17) is 16.4 Å². The van der Waals surface area contributed by atoms with Crippen LogP contribution < -0.4 is 4.74 Å². The smallest absolute Gasteiger partial charge is 0.358 e. The van der Waals surface area contributed by atoms with Gasteiger partial charge in [0.2, 0.25) is 0 Å². The number of alkyl halides is 2. The van der Waals surface area contributed by atoms with Crippen LogP contribution in [-0.2, 0) is 9.63 Å². The maximum absolute atomic E-state index is 12.9. The lowest BCUT2D eigenvalue weighted by Gasteiger charge is -2.29. The number of rotatable bonds is 6. The average molecular weight is 322 g/mol. The normalized spacial score (nSPS) is 17.7. The van der Waals surface area contributed by atoms with Gasteiger partial charge in [-0.3, -0.25) is 0 Å². The number of carbonyl (C=O) groups excluding carboxylic acids is 1. The van der Waals surface area contributed by atoms with E-state index in [9.17, 15) is 18.7 Å². The number of aliphatic hydroxyl groups excluding tert-OH is 1. The first-order chi connectivity index (χ1) is 9.99. The molecular formula is C13H14ClF2NO4. The fourth-order valence-electron chi connectivity index (χ4n) is 1.68. The molecule has 1 aliphatic rings. The molecule has 0 bridgehead atoms. The quantitative estimate of drug-likeness (QED) is 0.870. The van der Waals surface area contributed by atoms with Crippen LogP contribution in [0.15, 0.2) is 18.2 Å². The Kier molecular flexibility index (Phi) is 5.33. The van der Waals surface area contributed by atoms with Gasteiger partial charge in [-0.05, 0) is 30.2 Å². The van der Waals surface area contributed by atoms with E-state index in [2.05, 4.69) is 4.74 Å². The van der Waals surface area contributed by atoms with Crippen LogP contribution in [0.3, 0.4) is 0 Å². The molecule has 1 fully saturated rings. The molecule has 2 rings (SSSR count).